The van der Waals surface area contributed by atoms with Gasteiger partial charge in [-0.3, -0.25) is 9.59 Å². The van der Waals surface area contributed by atoms with Gasteiger partial charge in [-0.05, 0) is 64.7 Å². The van der Waals surface area contributed by atoms with Crippen molar-refractivity contribution in [1.29, 1.82) is 0 Å². The maximum absolute atomic E-state index is 12.6. The lowest BCUT2D eigenvalue weighted by Crippen LogP contribution is -2.41. The van der Waals surface area contributed by atoms with E-state index in [4.69, 9.17) is 4.74 Å². The van der Waals surface area contributed by atoms with Crippen molar-refractivity contribution in [1.82, 2.24) is 10.6 Å². The Bertz CT molecular complexity index is 928. The van der Waals surface area contributed by atoms with Gasteiger partial charge in [0, 0.05) is 25.1 Å². The van der Waals surface area contributed by atoms with Crippen molar-refractivity contribution in [3.8, 4) is 0 Å². The third-order valence-corrected chi connectivity index (χ3v) is 9.77. The van der Waals surface area contributed by atoms with E-state index in [-0.39, 0.29) is 24.2 Å². The number of amides is 2. The van der Waals surface area contributed by atoms with Crippen molar-refractivity contribution in [2.45, 2.75) is 174 Å². The van der Waals surface area contributed by atoms with Gasteiger partial charge in [-0.25, -0.2) is 13.2 Å². The lowest BCUT2D eigenvalue weighted by Gasteiger charge is -2.30. The lowest BCUT2D eigenvalue weighted by atomic mass is 10.1. The van der Waals surface area contributed by atoms with E-state index in [0.717, 1.165) is 75.4 Å². The summed E-state index contributed by atoms with van der Waals surface area (Å²) in [6.07, 6.45) is 23.9. The first-order chi connectivity index (χ1) is 22.9. The Balaban J connectivity index is 3.94. The van der Waals surface area contributed by atoms with Crippen LogP contribution in [0.15, 0.2) is 0 Å². The molecule has 0 aromatic rings. The molecule has 0 saturated carbocycles. The monoisotopic (exact) mass is 704 g/mol. The van der Waals surface area contributed by atoms with Gasteiger partial charge in [-0.15, -0.1) is 0 Å². The van der Waals surface area contributed by atoms with E-state index < -0.39 is 22.1 Å². The Labute approximate surface area is 294 Å². The molecule has 0 fully saturated rings. The summed E-state index contributed by atoms with van der Waals surface area (Å²) >= 11 is 0. The molecule has 0 aliphatic rings. The van der Waals surface area contributed by atoms with Crippen molar-refractivity contribution in [3.63, 3.8) is 0 Å². The predicted octanol–water partition coefficient (Wildman–Crippen LogP) is 7.15. The van der Waals surface area contributed by atoms with Gasteiger partial charge in [-0.2, -0.15) is 0 Å². The zero-order chi connectivity index (χ0) is 35.9. The molecule has 0 rings (SSSR count). The van der Waals surface area contributed by atoms with Crippen molar-refractivity contribution < 1.29 is 36.6 Å². The number of hydrogen-bond acceptors (Lipinski definition) is 7. The largest absolute Gasteiger partial charge is 0.748 e. The van der Waals surface area contributed by atoms with Crippen LogP contribution in [0.4, 0.5) is 0 Å². The molecule has 0 aliphatic carbocycles. The van der Waals surface area contributed by atoms with Crippen LogP contribution in [0.3, 0.4) is 0 Å². The molecule has 0 bridgehead atoms. The number of unbranched alkanes of at least 4 members (excludes halogenated alkanes) is 17. The van der Waals surface area contributed by atoms with Crippen molar-refractivity contribution in [2.24, 2.45) is 0 Å². The maximum Gasteiger partial charge on any atom is 0.328 e. The first-order valence-corrected chi connectivity index (χ1v) is 21.0. The normalized spacial score (nSPS) is 12.5. The first-order valence-electron chi connectivity index (χ1n) is 19.4. The van der Waals surface area contributed by atoms with Crippen LogP contribution >= 0.6 is 0 Å². The highest BCUT2D eigenvalue weighted by Crippen LogP contribution is 2.13. The van der Waals surface area contributed by atoms with Gasteiger partial charge in [0.25, 0.3) is 0 Å². The molecule has 1 atom stereocenters. The summed E-state index contributed by atoms with van der Waals surface area (Å²) in [6, 6.07) is -0.646. The standard InChI is InChI=1S/C37H73N3O7S/c1-5-7-8-9-10-11-14-17-20-28-35(41)38-30-23-22-27-34(37(43)47-6-2)39-36(42)29-21-18-15-12-13-16-19-24-31-40(3,4)32-25-26-33-48(44,45)46/h34H,5-33H2,1-4H3,(H2-,38,39,41,42,44,45,46). The number of nitrogens with one attached hydrogen (secondary N) is 2. The fourth-order valence-corrected chi connectivity index (χ4v) is 6.52. The van der Waals surface area contributed by atoms with Crippen molar-refractivity contribution in [2.75, 3.05) is 46.1 Å². The van der Waals surface area contributed by atoms with E-state index in [1.54, 1.807) is 6.92 Å². The minimum atomic E-state index is -4.11. The molecule has 0 aliphatic heterocycles. The third kappa shape index (κ3) is 31.5. The molecule has 284 valence electrons. The minimum absolute atomic E-state index is 0.0936. The second kappa shape index (κ2) is 30.1. The highest BCUT2D eigenvalue weighted by molar-refractivity contribution is 7.85. The molecule has 0 heterocycles. The summed E-state index contributed by atoms with van der Waals surface area (Å²) in [4.78, 5) is 37.1. The molecule has 1 unspecified atom stereocenters. The molecule has 48 heavy (non-hydrogen) atoms. The number of esters is 1. The number of rotatable bonds is 34. The predicted molar refractivity (Wildman–Crippen MR) is 194 cm³/mol. The summed E-state index contributed by atoms with van der Waals surface area (Å²) in [7, 11) is 0.194. The number of carbonyl (C=O) groups excluding carboxylic acids is 3. The Morgan fingerprint density at radius 1 is 0.646 bits per heavy atom. The SMILES string of the molecule is CCCCCCCCCCCC(=O)NCCCCC(NC(=O)CCCCCCCCCC[N+](C)(C)CCCCS(=O)(=O)[O-])C(=O)OCC. The zero-order valence-corrected chi connectivity index (χ0v) is 32.1. The molecule has 0 saturated heterocycles. The Morgan fingerprint density at radius 2 is 1.12 bits per heavy atom. The van der Waals surface area contributed by atoms with Crippen molar-refractivity contribution >= 4 is 27.9 Å². The fraction of sp³-hybridized carbons (Fsp3) is 0.919. The summed E-state index contributed by atoms with van der Waals surface area (Å²) in [6.45, 7) is 6.77. The topological polar surface area (TPSA) is 142 Å². The van der Waals surface area contributed by atoms with Crippen LogP contribution in [0.5, 0.6) is 0 Å². The van der Waals surface area contributed by atoms with Crippen LogP contribution in [-0.4, -0.2) is 87.4 Å². The van der Waals surface area contributed by atoms with Gasteiger partial charge in [-0.1, -0.05) is 90.4 Å². The summed E-state index contributed by atoms with van der Waals surface area (Å²) in [5.41, 5.74) is 0. The van der Waals surface area contributed by atoms with E-state index >= 15 is 0 Å². The average molecular weight is 704 g/mol. The maximum atomic E-state index is 12.6. The Kier molecular flexibility index (Phi) is 29.1. The number of hydrogen-bond donors (Lipinski definition) is 2. The van der Waals surface area contributed by atoms with Gasteiger partial charge in [0.1, 0.15) is 6.04 Å². The molecular formula is C37H73N3O7S. The second-order valence-corrected chi connectivity index (χ2v) is 15.8. The van der Waals surface area contributed by atoms with Gasteiger partial charge < -0.3 is 24.4 Å². The molecule has 10 nitrogen and oxygen atoms in total. The highest BCUT2D eigenvalue weighted by Gasteiger charge is 2.21. The molecule has 0 aromatic heterocycles. The van der Waals surface area contributed by atoms with Crippen molar-refractivity contribution in [3.05, 3.63) is 0 Å². The van der Waals surface area contributed by atoms with Crippen LogP contribution in [0.1, 0.15) is 168 Å². The number of nitrogens with zero attached hydrogens (tertiary/aromatic N) is 1. The van der Waals surface area contributed by atoms with Crippen LogP contribution in [-0.2, 0) is 29.2 Å². The van der Waals surface area contributed by atoms with Gasteiger partial charge >= 0.3 is 5.97 Å². The van der Waals surface area contributed by atoms with Crippen LogP contribution in [0, 0.1) is 0 Å². The highest BCUT2D eigenvalue weighted by atomic mass is 32.2. The summed E-state index contributed by atoms with van der Waals surface area (Å²) in [5, 5.41) is 5.86. The minimum Gasteiger partial charge on any atom is -0.748 e. The van der Waals surface area contributed by atoms with Crippen LogP contribution in [0.25, 0.3) is 0 Å². The molecular weight excluding hydrogens is 630 g/mol. The summed E-state index contributed by atoms with van der Waals surface area (Å²) < 4.78 is 38.2. The second-order valence-electron chi connectivity index (χ2n) is 14.2. The lowest BCUT2D eigenvalue weighted by molar-refractivity contribution is -0.890. The van der Waals surface area contributed by atoms with Gasteiger partial charge in [0.15, 0.2) is 0 Å². The average Bonchev–Trinajstić information content (AvgIpc) is 3.02. The van der Waals surface area contributed by atoms with E-state index in [0.29, 0.717) is 38.6 Å². The van der Waals surface area contributed by atoms with E-state index in [1.807, 2.05) is 0 Å². The number of ether oxygens (including phenoxy) is 1. The first kappa shape index (κ1) is 46.3. The third-order valence-electron chi connectivity index (χ3n) is 8.98. The van der Waals surface area contributed by atoms with E-state index in [1.165, 1.54) is 64.2 Å². The molecule has 0 spiro atoms. The Morgan fingerprint density at radius 3 is 1.65 bits per heavy atom. The van der Waals surface area contributed by atoms with Gasteiger partial charge in [0.05, 0.1) is 43.9 Å². The molecule has 0 radical (unpaired) electrons. The Hall–Kier alpha value is -1.72. The van der Waals surface area contributed by atoms with E-state index in [9.17, 15) is 27.4 Å². The van der Waals surface area contributed by atoms with E-state index in [2.05, 4.69) is 31.7 Å². The van der Waals surface area contributed by atoms with Crippen LogP contribution < -0.4 is 10.6 Å². The molecule has 2 N–H and O–H groups in total. The quantitative estimate of drug-likeness (QED) is 0.0314. The molecule has 2 amide bonds. The summed E-state index contributed by atoms with van der Waals surface area (Å²) in [5.74, 6) is -0.681. The van der Waals surface area contributed by atoms with Gasteiger partial charge in [0.2, 0.25) is 11.8 Å². The van der Waals surface area contributed by atoms with Crippen LogP contribution in [0.2, 0.25) is 0 Å². The number of quaternary nitrogens is 1. The fourth-order valence-electron chi connectivity index (χ4n) is 5.96. The zero-order valence-electron chi connectivity index (χ0n) is 31.3. The molecule has 11 heteroatoms. The smallest absolute Gasteiger partial charge is 0.328 e. The number of carbonyl (C=O) groups is 3. The molecule has 0 aromatic carbocycles.